The highest BCUT2D eigenvalue weighted by Crippen LogP contribution is 2.06. The molecule has 0 fully saturated rings. The highest BCUT2D eigenvalue weighted by atomic mass is 16.5. The lowest BCUT2D eigenvalue weighted by Crippen LogP contribution is -2.38. The maximum absolute atomic E-state index is 5.41. The fourth-order valence-electron chi connectivity index (χ4n) is 1.33. The lowest BCUT2D eigenvalue weighted by Gasteiger charge is -2.14. The number of unbranched alkanes of at least 4 members (excludes halogenated alkanes) is 3. The molecule has 0 heterocycles. The molecule has 0 bridgehead atoms. The molecule has 0 aliphatic carbocycles. The van der Waals surface area contributed by atoms with E-state index >= 15 is 0 Å². The van der Waals surface area contributed by atoms with Crippen molar-refractivity contribution < 1.29 is 4.74 Å². The van der Waals surface area contributed by atoms with Gasteiger partial charge in [0, 0.05) is 12.6 Å². The summed E-state index contributed by atoms with van der Waals surface area (Å²) in [6, 6.07) is 0.304. The Morgan fingerprint density at radius 2 is 2.21 bits per heavy atom. The van der Waals surface area contributed by atoms with Crippen LogP contribution < -0.4 is 11.3 Å². The predicted molar refractivity (Wildman–Crippen MR) is 60.9 cm³/mol. The average Bonchev–Trinajstić information content (AvgIpc) is 2.22. The zero-order valence-corrected chi connectivity index (χ0v) is 9.30. The van der Waals surface area contributed by atoms with Gasteiger partial charge in [0.15, 0.2) is 0 Å². The number of hydrogen-bond acceptors (Lipinski definition) is 3. The molecule has 0 amide bonds. The van der Waals surface area contributed by atoms with Crippen molar-refractivity contribution in [1.82, 2.24) is 5.43 Å². The molecule has 84 valence electrons. The van der Waals surface area contributed by atoms with Gasteiger partial charge in [-0.05, 0) is 26.2 Å². The van der Waals surface area contributed by atoms with Crippen LogP contribution in [0, 0.1) is 0 Å². The summed E-state index contributed by atoms with van der Waals surface area (Å²) in [5.41, 5.74) is 2.78. The Balaban J connectivity index is 3.28. The molecule has 0 aliphatic heterocycles. The van der Waals surface area contributed by atoms with Crippen molar-refractivity contribution in [2.75, 3.05) is 13.2 Å². The van der Waals surface area contributed by atoms with E-state index in [2.05, 4.69) is 12.0 Å². The van der Waals surface area contributed by atoms with Gasteiger partial charge in [-0.25, -0.2) is 0 Å². The first-order chi connectivity index (χ1) is 6.85. The molecule has 0 radical (unpaired) electrons. The second kappa shape index (κ2) is 10.7. The van der Waals surface area contributed by atoms with Gasteiger partial charge >= 0.3 is 0 Å². The number of rotatable bonds is 10. The first kappa shape index (κ1) is 13.6. The van der Waals surface area contributed by atoms with Crippen LogP contribution in [-0.2, 0) is 4.74 Å². The molecule has 0 saturated carbocycles. The van der Waals surface area contributed by atoms with Crippen molar-refractivity contribution in [2.45, 2.75) is 45.1 Å². The van der Waals surface area contributed by atoms with Crippen LogP contribution in [0.25, 0.3) is 0 Å². The molecule has 14 heavy (non-hydrogen) atoms. The third kappa shape index (κ3) is 8.23. The minimum Gasteiger partial charge on any atom is -0.380 e. The van der Waals surface area contributed by atoms with Crippen LogP contribution in [0.3, 0.4) is 0 Å². The van der Waals surface area contributed by atoms with Crippen molar-refractivity contribution >= 4 is 0 Å². The van der Waals surface area contributed by atoms with Crippen molar-refractivity contribution in [3.63, 3.8) is 0 Å². The lowest BCUT2D eigenvalue weighted by molar-refractivity contribution is 0.119. The number of ether oxygens (including phenoxy) is 1. The Kier molecular flexibility index (Phi) is 10.4. The summed E-state index contributed by atoms with van der Waals surface area (Å²) in [4.78, 5) is 0. The van der Waals surface area contributed by atoms with Crippen LogP contribution in [0.4, 0.5) is 0 Å². The Labute approximate surface area is 87.7 Å². The van der Waals surface area contributed by atoms with Gasteiger partial charge in [-0.15, -0.1) is 6.58 Å². The van der Waals surface area contributed by atoms with Crippen LogP contribution in [0.2, 0.25) is 0 Å². The summed E-state index contributed by atoms with van der Waals surface area (Å²) in [6.07, 6.45) is 7.86. The second-order valence-electron chi connectivity index (χ2n) is 3.45. The summed E-state index contributed by atoms with van der Waals surface area (Å²) in [6.45, 7) is 7.17. The van der Waals surface area contributed by atoms with Gasteiger partial charge in [-0.1, -0.05) is 18.9 Å². The minimum absolute atomic E-state index is 0.304. The van der Waals surface area contributed by atoms with E-state index < -0.39 is 0 Å². The number of allylic oxidation sites excluding steroid dienone is 1. The van der Waals surface area contributed by atoms with Crippen molar-refractivity contribution in [2.24, 2.45) is 5.84 Å². The first-order valence-electron chi connectivity index (χ1n) is 5.49. The topological polar surface area (TPSA) is 47.3 Å². The van der Waals surface area contributed by atoms with Gasteiger partial charge in [0.05, 0.1) is 6.61 Å². The summed E-state index contributed by atoms with van der Waals surface area (Å²) in [7, 11) is 0. The maximum Gasteiger partial charge on any atom is 0.0632 e. The van der Waals surface area contributed by atoms with Crippen LogP contribution >= 0.6 is 0 Å². The number of hydrogen-bond donors (Lipinski definition) is 2. The van der Waals surface area contributed by atoms with E-state index in [0.717, 1.165) is 19.4 Å². The summed E-state index contributed by atoms with van der Waals surface area (Å²) in [5, 5.41) is 0. The molecule has 3 nitrogen and oxygen atoms in total. The van der Waals surface area contributed by atoms with Crippen LogP contribution in [0.5, 0.6) is 0 Å². The molecule has 0 aromatic carbocycles. The van der Waals surface area contributed by atoms with E-state index in [1.165, 1.54) is 19.3 Å². The average molecular weight is 200 g/mol. The van der Waals surface area contributed by atoms with Gasteiger partial charge in [0.2, 0.25) is 0 Å². The second-order valence-corrected chi connectivity index (χ2v) is 3.45. The third-order valence-electron chi connectivity index (χ3n) is 2.22. The highest BCUT2D eigenvalue weighted by Gasteiger charge is 2.04. The molecular weight excluding hydrogens is 176 g/mol. The molecule has 1 unspecified atom stereocenters. The molecule has 0 aromatic rings. The number of nitrogens with one attached hydrogen (secondary N) is 1. The minimum atomic E-state index is 0.304. The number of nitrogens with two attached hydrogens (primary N) is 1. The van der Waals surface area contributed by atoms with Crippen molar-refractivity contribution in [3.8, 4) is 0 Å². The van der Waals surface area contributed by atoms with Gasteiger partial charge in [0.25, 0.3) is 0 Å². The standard InChI is InChI=1S/C11H24N2O/c1-3-5-6-7-8-9-11(13-12)10-14-4-2/h3,11,13H,1,4-10,12H2,2H3. The van der Waals surface area contributed by atoms with E-state index in [1.54, 1.807) is 0 Å². The van der Waals surface area contributed by atoms with E-state index in [-0.39, 0.29) is 0 Å². The van der Waals surface area contributed by atoms with Crippen molar-refractivity contribution in [3.05, 3.63) is 12.7 Å². The SMILES string of the molecule is C=CCCCCCC(COCC)NN. The molecule has 0 aromatic heterocycles. The Bertz CT molecular complexity index is 128. The largest absolute Gasteiger partial charge is 0.380 e. The Morgan fingerprint density at radius 1 is 1.43 bits per heavy atom. The van der Waals surface area contributed by atoms with Crippen molar-refractivity contribution in [1.29, 1.82) is 0 Å². The quantitative estimate of drug-likeness (QED) is 0.245. The third-order valence-corrected chi connectivity index (χ3v) is 2.22. The van der Waals surface area contributed by atoms with Crippen LogP contribution in [-0.4, -0.2) is 19.3 Å². The zero-order valence-electron chi connectivity index (χ0n) is 9.30. The molecule has 0 spiro atoms. The molecule has 0 rings (SSSR count). The normalized spacial score (nSPS) is 12.7. The zero-order chi connectivity index (χ0) is 10.6. The Morgan fingerprint density at radius 3 is 2.79 bits per heavy atom. The van der Waals surface area contributed by atoms with E-state index in [9.17, 15) is 0 Å². The fourth-order valence-corrected chi connectivity index (χ4v) is 1.33. The summed E-state index contributed by atoms with van der Waals surface area (Å²) < 4.78 is 5.31. The molecule has 3 N–H and O–H groups in total. The summed E-state index contributed by atoms with van der Waals surface area (Å²) in [5.74, 6) is 5.41. The van der Waals surface area contributed by atoms with Gasteiger partial charge in [-0.2, -0.15) is 0 Å². The maximum atomic E-state index is 5.41. The molecule has 1 atom stereocenters. The Hall–Kier alpha value is -0.380. The highest BCUT2D eigenvalue weighted by molar-refractivity contribution is 4.67. The lowest BCUT2D eigenvalue weighted by atomic mass is 10.1. The van der Waals surface area contributed by atoms with E-state index in [0.29, 0.717) is 12.6 Å². The van der Waals surface area contributed by atoms with E-state index in [4.69, 9.17) is 10.6 Å². The summed E-state index contributed by atoms with van der Waals surface area (Å²) >= 11 is 0. The monoisotopic (exact) mass is 200 g/mol. The first-order valence-corrected chi connectivity index (χ1v) is 5.49. The molecular formula is C11H24N2O. The molecule has 3 heteroatoms. The van der Waals surface area contributed by atoms with E-state index in [1.807, 2.05) is 13.0 Å². The smallest absolute Gasteiger partial charge is 0.0632 e. The van der Waals surface area contributed by atoms with Gasteiger partial charge in [-0.3, -0.25) is 11.3 Å². The molecule has 0 saturated heterocycles. The van der Waals surface area contributed by atoms with Crippen LogP contribution in [0.1, 0.15) is 39.0 Å². The van der Waals surface area contributed by atoms with Crippen LogP contribution in [0.15, 0.2) is 12.7 Å². The fraction of sp³-hybridized carbons (Fsp3) is 0.818. The number of hydrazine groups is 1. The van der Waals surface area contributed by atoms with Gasteiger partial charge in [0.1, 0.15) is 0 Å². The predicted octanol–water partition coefficient (Wildman–Crippen LogP) is 1.99. The van der Waals surface area contributed by atoms with Gasteiger partial charge < -0.3 is 4.74 Å². The molecule has 0 aliphatic rings.